The molecule has 0 saturated carbocycles. The van der Waals surface area contributed by atoms with E-state index < -0.39 is 72.0 Å². The number of Topliss-reactive ketones (excluding diaryl/α,β-unsaturated/α-hetero) is 1. The number of primary amides is 1. The number of carbonyl (C=O) groups excluding carboxylic acids is 6. The summed E-state index contributed by atoms with van der Waals surface area (Å²) in [6.45, 7) is 7.13. The van der Waals surface area contributed by atoms with Crippen molar-refractivity contribution in [2.75, 3.05) is 0 Å². The van der Waals surface area contributed by atoms with Crippen LogP contribution in [0.1, 0.15) is 58.1 Å². The molecule has 0 heterocycles. The normalized spacial score (nSPS) is 13.8. The number of nitrogens with two attached hydrogens (primary N) is 1. The lowest BCUT2D eigenvalue weighted by atomic mass is 9.93. The second-order valence-electron chi connectivity index (χ2n) is 12.9. The lowest BCUT2D eigenvalue weighted by Crippen LogP contribution is -2.58. The SMILES string of the molecule is CCC(C)C(NC(=O)C(CC(C)C)NC(=O)OCc1ccccc1)C(=O)C(=O)NC(CC#N)C(=O)NC(Cc1ccc2ccccc2c1)C(N)=O. The van der Waals surface area contributed by atoms with Gasteiger partial charge in [0.2, 0.25) is 23.5 Å². The lowest BCUT2D eigenvalue weighted by Gasteiger charge is -2.27. The molecule has 0 spiro atoms. The average Bonchev–Trinajstić information content (AvgIpc) is 3.11. The van der Waals surface area contributed by atoms with Crippen molar-refractivity contribution in [3.8, 4) is 6.07 Å². The summed E-state index contributed by atoms with van der Waals surface area (Å²) in [5.74, 6) is -5.24. The maximum atomic E-state index is 13.5. The highest BCUT2D eigenvalue weighted by Crippen LogP contribution is 2.17. The summed E-state index contributed by atoms with van der Waals surface area (Å²) in [6, 6.07) is 18.9. The van der Waals surface area contributed by atoms with Crippen molar-refractivity contribution in [2.24, 2.45) is 17.6 Å². The van der Waals surface area contributed by atoms with Crippen molar-refractivity contribution in [3.05, 3.63) is 83.9 Å². The fraction of sp³-hybridized carbons (Fsp3) is 0.395. The van der Waals surface area contributed by atoms with Crippen LogP contribution < -0.4 is 27.0 Å². The summed E-state index contributed by atoms with van der Waals surface area (Å²) >= 11 is 0. The molecule has 5 unspecified atom stereocenters. The smallest absolute Gasteiger partial charge is 0.408 e. The highest BCUT2D eigenvalue weighted by atomic mass is 16.5. The molecule has 0 aliphatic rings. The van der Waals surface area contributed by atoms with Gasteiger partial charge in [0.15, 0.2) is 0 Å². The highest BCUT2D eigenvalue weighted by Gasteiger charge is 2.36. The molecular weight excluding hydrogens is 652 g/mol. The van der Waals surface area contributed by atoms with Crippen LogP contribution >= 0.6 is 0 Å². The molecule has 0 aliphatic carbocycles. The average molecular weight is 699 g/mol. The molecule has 0 aromatic heterocycles. The maximum absolute atomic E-state index is 13.5. The number of hydrogen-bond acceptors (Lipinski definition) is 8. The Kier molecular flexibility index (Phi) is 15.1. The fourth-order valence-corrected chi connectivity index (χ4v) is 5.33. The molecule has 6 N–H and O–H groups in total. The lowest BCUT2D eigenvalue weighted by molar-refractivity contribution is -0.142. The Morgan fingerprint density at radius 2 is 1.41 bits per heavy atom. The van der Waals surface area contributed by atoms with Crippen LogP contribution in [0.25, 0.3) is 10.8 Å². The predicted octanol–water partition coefficient (Wildman–Crippen LogP) is 3.19. The molecule has 0 saturated heterocycles. The number of ketones is 1. The van der Waals surface area contributed by atoms with Gasteiger partial charge in [0.25, 0.3) is 5.91 Å². The van der Waals surface area contributed by atoms with E-state index in [2.05, 4.69) is 21.3 Å². The van der Waals surface area contributed by atoms with Crippen molar-refractivity contribution >= 4 is 46.3 Å². The third kappa shape index (κ3) is 12.3. The number of hydrogen-bond donors (Lipinski definition) is 5. The van der Waals surface area contributed by atoms with Gasteiger partial charge in [-0.2, -0.15) is 5.26 Å². The molecule has 3 rings (SSSR count). The minimum atomic E-state index is -1.51. The monoisotopic (exact) mass is 698 g/mol. The van der Waals surface area contributed by atoms with Gasteiger partial charge in [0.05, 0.1) is 18.5 Å². The van der Waals surface area contributed by atoms with Crippen LogP contribution in [0.4, 0.5) is 4.79 Å². The number of rotatable bonds is 18. The summed E-state index contributed by atoms with van der Waals surface area (Å²) in [7, 11) is 0. The Labute approximate surface area is 297 Å². The Hall–Kier alpha value is -5.77. The number of nitriles is 1. The van der Waals surface area contributed by atoms with Gasteiger partial charge < -0.3 is 31.7 Å². The minimum absolute atomic E-state index is 0.0160. The van der Waals surface area contributed by atoms with Crippen molar-refractivity contribution in [2.45, 2.75) is 84.2 Å². The second-order valence-corrected chi connectivity index (χ2v) is 12.9. The molecule has 3 aromatic carbocycles. The zero-order valence-corrected chi connectivity index (χ0v) is 29.3. The number of alkyl carbamates (subject to hydrolysis) is 1. The summed E-state index contributed by atoms with van der Waals surface area (Å²) in [5.41, 5.74) is 7.07. The van der Waals surface area contributed by atoms with E-state index in [-0.39, 0.29) is 25.4 Å². The van der Waals surface area contributed by atoms with E-state index in [1.807, 2.05) is 62.4 Å². The number of carbonyl (C=O) groups is 6. The maximum Gasteiger partial charge on any atom is 0.408 e. The van der Waals surface area contributed by atoms with Crippen molar-refractivity contribution in [3.63, 3.8) is 0 Å². The largest absolute Gasteiger partial charge is 0.445 e. The van der Waals surface area contributed by atoms with E-state index in [1.54, 1.807) is 44.2 Å². The fourth-order valence-electron chi connectivity index (χ4n) is 5.33. The molecular formula is C38H46N6O7. The van der Waals surface area contributed by atoms with Gasteiger partial charge >= 0.3 is 6.09 Å². The summed E-state index contributed by atoms with van der Waals surface area (Å²) in [4.78, 5) is 78.5. The van der Waals surface area contributed by atoms with Crippen LogP contribution in [0, 0.1) is 23.2 Å². The summed E-state index contributed by atoms with van der Waals surface area (Å²) < 4.78 is 5.28. The standard InChI is InChI=1S/C38H46N6O7/c1-5-24(4)32(44-36(48)31(19-23(2)3)43-38(50)51-22-25-11-7-6-8-12-25)33(45)37(49)41-29(17-18-39)35(47)42-30(34(40)46)21-26-15-16-27-13-9-10-14-28(27)20-26/h6-16,20,23-24,29-32H,5,17,19,21-22H2,1-4H3,(H2,40,46)(H,41,49)(H,42,47)(H,43,50)(H,44,48). The quantitative estimate of drug-likeness (QED) is 0.124. The molecule has 51 heavy (non-hydrogen) atoms. The Morgan fingerprint density at radius 3 is 2.04 bits per heavy atom. The first-order valence-corrected chi connectivity index (χ1v) is 16.9. The van der Waals surface area contributed by atoms with Crippen LogP contribution in [-0.2, 0) is 41.7 Å². The third-order valence-electron chi connectivity index (χ3n) is 8.38. The number of nitrogens with one attached hydrogen (secondary N) is 4. The number of nitrogens with zero attached hydrogens (tertiary/aromatic N) is 1. The minimum Gasteiger partial charge on any atom is -0.445 e. The van der Waals surface area contributed by atoms with Gasteiger partial charge in [0.1, 0.15) is 24.7 Å². The van der Waals surface area contributed by atoms with Crippen LogP contribution in [0.3, 0.4) is 0 Å². The van der Waals surface area contributed by atoms with Gasteiger partial charge in [-0.25, -0.2) is 4.79 Å². The highest BCUT2D eigenvalue weighted by molar-refractivity contribution is 6.39. The number of ether oxygens (including phenoxy) is 1. The van der Waals surface area contributed by atoms with Crippen molar-refractivity contribution < 1.29 is 33.5 Å². The molecule has 0 radical (unpaired) electrons. The number of amides is 5. The van der Waals surface area contributed by atoms with Gasteiger partial charge in [-0.05, 0) is 40.2 Å². The summed E-state index contributed by atoms with van der Waals surface area (Å²) in [6.07, 6.45) is -0.694. The van der Waals surface area contributed by atoms with Crippen LogP contribution in [0.2, 0.25) is 0 Å². The first kappa shape index (κ1) is 39.7. The van der Waals surface area contributed by atoms with E-state index in [4.69, 9.17) is 10.5 Å². The zero-order valence-electron chi connectivity index (χ0n) is 29.3. The van der Waals surface area contributed by atoms with E-state index in [1.165, 1.54) is 0 Å². The predicted molar refractivity (Wildman–Crippen MR) is 190 cm³/mol. The summed E-state index contributed by atoms with van der Waals surface area (Å²) in [5, 5.41) is 21.3. The zero-order chi connectivity index (χ0) is 37.5. The Bertz CT molecular complexity index is 1740. The van der Waals surface area contributed by atoms with E-state index in [9.17, 15) is 34.0 Å². The Balaban J connectivity index is 1.69. The number of benzene rings is 3. The Morgan fingerprint density at radius 1 is 0.765 bits per heavy atom. The molecule has 5 atom stereocenters. The van der Waals surface area contributed by atoms with E-state index in [0.717, 1.165) is 21.9 Å². The molecule has 270 valence electrons. The molecule has 0 aliphatic heterocycles. The van der Waals surface area contributed by atoms with Crippen molar-refractivity contribution in [1.82, 2.24) is 21.3 Å². The van der Waals surface area contributed by atoms with Crippen LogP contribution in [-0.4, -0.2) is 59.7 Å². The molecule has 13 nitrogen and oxygen atoms in total. The molecule has 0 fully saturated rings. The van der Waals surface area contributed by atoms with Gasteiger partial charge in [-0.15, -0.1) is 0 Å². The van der Waals surface area contributed by atoms with E-state index >= 15 is 0 Å². The van der Waals surface area contributed by atoms with Gasteiger partial charge in [-0.3, -0.25) is 24.0 Å². The second kappa shape index (κ2) is 19.4. The molecule has 0 bridgehead atoms. The van der Waals surface area contributed by atoms with Gasteiger partial charge in [-0.1, -0.05) is 107 Å². The number of fused-ring (bicyclic) bond motifs is 1. The molecule has 5 amide bonds. The molecule has 3 aromatic rings. The molecule has 13 heteroatoms. The van der Waals surface area contributed by atoms with Crippen LogP contribution in [0.15, 0.2) is 72.8 Å². The van der Waals surface area contributed by atoms with E-state index in [0.29, 0.717) is 6.42 Å². The first-order valence-electron chi connectivity index (χ1n) is 16.9. The topological polar surface area (TPSA) is 210 Å². The van der Waals surface area contributed by atoms with Crippen molar-refractivity contribution in [1.29, 1.82) is 5.26 Å². The van der Waals surface area contributed by atoms with Gasteiger partial charge in [0, 0.05) is 6.42 Å². The first-order chi connectivity index (χ1) is 24.3. The van der Waals surface area contributed by atoms with Crippen LogP contribution in [0.5, 0.6) is 0 Å². The third-order valence-corrected chi connectivity index (χ3v) is 8.38.